The van der Waals surface area contributed by atoms with Gasteiger partial charge >= 0.3 is 0 Å². The zero-order valence-electron chi connectivity index (χ0n) is 15.7. The molecule has 1 fully saturated rings. The van der Waals surface area contributed by atoms with Crippen LogP contribution in [0.4, 0.5) is 0 Å². The Kier molecular flexibility index (Phi) is 7.44. The Morgan fingerprint density at radius 3 is 2.44 bits per heavy atom. The van der Waals surface area contributed by atoms with Gasteiger partial charge in [-0.2, -0.15) is 0 Å². The molecule has 1 aromatic rings. The highest BCUT2D eigenvalue weighted by atomic mass is 16.2. The average molecular weight is 345 g/mol. The lowest BCUT2D eigenvalue weighted by Gasteiger charge is -2.35. The van der Waals surface area contributed by atoms with Crippen LogP contribution in [0.2, 0.25) is 0 Å². The number of rotatable bonds is 7. The molecule has 5 nitrogen and oxygen atoms in total. The second kappa shape index (κ2) is 9.56. The van der Waals surface area contributed by atoms with Crippen molar-refractivity contribution in [2.75, 3.05) is 19.6 Å². The van der Waals surface area contributed by atoms with Crippen LogP contribution in [-0.2, 0) is 9.59 Å². The number of amides is 2. The third-order valence-corrected chi connectivity index (χ3v) is 4.77. The quantitative estimate of drug-likeness (QED) is 0.798. The Balaban J connectivity index is 2.12. The summed E-state index contributed by atoms with van der Waals surface area (Å²) in [5.41, 5.74) is 2.15. The molecule has 2 N–H and O–H groups in total. The maximum atomic E-state index is 13.0. The van der Waals surface area contributed by atoms with Gasteiger partial charge in [-0.05, 0) is 44.8 Å². The van der Waals surface area contributed by atoms with E-state index in [-0.39, 0.29) is 17.9 Å². The minimum atomic E-state index is -0.272. The van der Waals surface area contributed by atoms with Gasteiger partial charge in [-0.1, -0.05) is 36.8 Å². The van der Waals surface area contributed by atoms with Crippen molar-refractivity contribution >= 4 is 11.8 Å². The Hall–Kier alpha value is -1.88. The summed E-state index contributed by atoms with van der Waals surface area (Å²) in [5.74, 6) is 0.0235. The van der Waals surface area contributed by atoms with Gasteiger partial charge in [-0.15, -0.1) is 0 Å². The molecule has 138 valence electrons. The lowest BCUT2D eigenvalue weighted by Crippen LogP contribution is -2.47. The van der Waals surface area contributed by atoms with Crippen molar-refractivity contribution < 1.29 is 9.59 Å². The van der Waals surface area contributed by atoms with Crippen molar-refractivity contribution in [1.82, 2.24) is 15.5 Å². The number of nitrogens with zero attached hydrogens (tertiary/aromatic N) is 1. The molecule has 1 atom stereocenters. The van der Waals surface area contributed by atoms with Crippen molar-refractivity contribution in [3.63, 3.8) is 0 Å². The van der Waals surface area contributed by atoms with Crippen LogP contribution in [0.5, 0.6) is 0 Å². The van der Waals surface area contributed by atoms with E-state index >= 15 is 0 Å². The molecule has 1 aliphatic heterocycles. The minimum Gasteiger partial charge on any atom is -0.349 e. The highest BCUT2D eigenvalue weighted by molar-refractivity contribution is 5.79. The summed E-state index contributed by atoms with van der Waals surface area (Å²) in [6.45, 7) is 8.35. The summed E-state index contributed by atoms with van der Waals surface area (Å²) in [7, 11) is 0. The van der Waals surface area contributed by atoms with E-state index in [9.17, 15) is 9.59 Å². The average Bonchev–Trinajstić information content (AvgIpc) is 2.60. The van der Waals surface area contributed by atoms with Crippen LogP contribution in [0.25, 0.3) is 0 Å². The van der Waals surface area contributed by atoms with Crippen LogP contribution in [0.1, 0.15) is 56.7 Å². The minimum absolute atomic E-state index is 0.109. The molecule has 1 aliphatic rings. The molecule has 0 aromatic heterocycles. The van der Waals surface area contributed by atoms with E-state index in [0.717, 1.165) is 44.5 Å². The lowest BCUT2D eigenvalue weighted by molar-refractivity contribution is -0.135. The molecular formula is C20H31N3O2. The zero-order valence-corrected chi connectivity index (χ0v) is 15.7. The van der Waals surface area contributed by atoms with Crippen LogP contribution in [-0.4, -0.2) is 42.4 Å². The fourth-order valence-corrected chi connectivity index (χ4v) is 3.46. The van der Waals surface area contributed by atoms with Crippen LogP contribution in [0.15, 0.2) is 24.3 Å². The summed E-state index contributed by atoms with van der Waals surface area (Å²) in [5, 5.41) is 6.30. The van der Waals surface area contributed by atoms with Crippen molar-refractivity contribution in [3.05, 3.63) is 35.4 Å². The topological polar surface area (TPSA) is 61.4 Å². The third-order valence-electron chi connectivity index (χ3n) is 4.77. The number of nitrogens with one attached hydrogen (secondary N) is 2. The number of piperidine rings is 1. The van der Waals surface area contributed by atoms with Crippen molar-refractivity contribution in [1.29, 1.82) is 0 Å². The highest BCUT2D eigenvalue weighted by Gasteiger charge is 2.27. The van der Waals surface area contributed by atoms with Crippen molar-refractivity contribution in [3.8, 4) is 0 Å². The Morgan fingerprint density at radius 2 is 1.88 bits per heavy atom. The van der Waals surface area contributed by atoms with Gasteiger partial charge in [0.05, 0.1) is 12.5 Å². The maximum absolute atomic E-state index is 13.0. The van der Waals surface area contributed by atoms with E-state index < -0.39 is 0 Å². The smallest absolute Gasteiger partial charge is 0.225 e. The normalized spacial score (nSPS) is 16.3. The summed E-state index contributed by atoms with van der Waals surface area (Å²) >= 11 is 0. The molecular weight excluding hydrogens is 314 g/mol. The largest absolute Gasteiger partial charge is 0.349 e. The maximum Gasteiger partial charge on any atom is 0.225 e. The fraction of sp³-hybridized carbons (Fsp3) is 0.600. The Morgan fingerprint density at radius 1 is 1.24 bits per heavy atom. The van der Waals surface area contributed by atoms with E-state index in [1.54, 1.807) is 0 Å². The molecule has 1 aromatic carbocycles. The molecule has 2 rings (SSSR count). The van der Waals surface area contributed by atoms with Gasteiger partial charge in [0.1, 0.15) is 0 Å². The number of benzene rings is 1. The van der Waals surface area contributed by atoms with Crippen LogP contribution >= 0.6 is 0 Å². The first kappa shape index (κ1) is 19.4. The van der Waals surface area contributed by atoms with Gasteiger partial charge in [-0.3, -0.25) is 9.59 Å². The second-order valence-electron chi connectivity index (χ2n) is 6.94. The summed E-state index contributed by atoms with van der Waals surface area (Å²) in [6, 6.07) is 8.07. The Bertz CT molecular complexity index is 565. The molecule has 0 aliphatic carbocycles. The standard InChI is InChI=1S/C20H31N3O2/c1-4-13-23(18-9-11-21-12-10-18)20(25)14-19(22-16(3)24)17-7-5-15(2)6-8-17/h5-8,18-19,21H,4,9-14H2,1-3H3,(H,22,24). The first-order chi connectivity index (χ1) is 12.0. The predicted molar refractivity (Wildman–Crippen MR) is 100 cm³/mol. The molecule has 0 radical (unpaired) electrons. The van der Waals surface area contributed by atoms with Gasteiger partial charge in [0.2, 0.25) is 11.8 Å². The lowest BCUT2D eigenvalue weighted by atomic mass is 9.99. The van der Waals surface area contributed by atoms with Crippen molar-refractivity contribution in [2.45, 2.75) is 58.5 Å². The predicted octanol–water partition coefficient (Wildman–Crippen LogP) is 2.55. The molecule has 0 spiro atoms. The molecule has 0 bridgehead atoms. The molecule has 0 saturated carbocycles. The monoisotopic (exact) mass is 345 g/mol. The van der Waals surface area contributed by atoms with Gasteiger partial charge in [0.15, 0.2) is 0 Å². The van der Waals surface area contributed by atoms with Crippen molar-refractivity contribution in [2.24, 2.45) is 0 Å². The van der Waals surface area contributed by atoms with Crippen LogP contribution in [0, 0.1) is 6.92 Å². The molecule has 1 heterocycles. The zero-order chi connectivity index (χ0) is 18.2. The first-order valence-corrected chi connectivity index (χ1v) is 9.35. The molecule has 1 saturated heterocycles. The van der Waals surface area contributed by atoms with Gasteiger partial charge in [0.25, 0.3) is 0 Å². The van der Waals surface area contributed by atoms with E-state index in [0.29, 0.717) is 12.5 Å². The molecule has 25 heavy (non-hydrogen) atoms. The number of hydrogen-bond donors (Lipinski definition) is 2. The van der Waals surface area contributed by atoms with E-state index in [1.807, 2.05) is 36.1 Å². The first-order valence-electron chi connectivity index (χ1n) is 9.35. The SMILES string of the molecule is CCCN(C(=O)CC(NC(C)=O)c1ccc(C)cc1)C1CCNCC1. The number of aryl methyl sites for hydroxylation is 1. The second-order valence-corrected chi connectivity index (χ2v) is 6.94. The van der Waals surface area contributed by atoms with Crippen LogP contribution in [0.3, 0.4) is 0 Å². The summed E-state index contributed by atoms with van der Waals surface area (Å²) in [4.78, 5) is 26.7. The number of carbonyl (C=O) groups excluding carboxylic acids is 2. The summed E-state index contributed by atoms with van der Waals surface area (Å²) in [6.07, 6.45) is 3.26. The van der Waals surface area contributed by atoms with Crippen LogP contribution < -0.4 is 10.6 Å². The highest BCUT2D eigenvalue weighted by Crippen LogP contribution is 2.21. The fourth-order valence-electron chi connectivity index (χ4n) is 3.46. The molecule has 1 unspecified atom stereocenters. The van der Waals surface area contributed by atoms with E-state index in [2.05, 4.69) is 17.6 Å². The molecule has 5 heteroatoms. The van der Waals surface area contributed by atoms with E-state index in [4.69, 9.17) is 0 Å². The van der Waals surface area contributed by atoms with Gasteiger partial charge in [-0.25, -0.2) is 0 Å². The third kappa shape index (κ3) is 5.85. The molecule has 2 amide bonds. The number of hydrogen-bond acceptors (Lipinski definition) is 3. The summed E-state index contributed by atoms with van der Waals surface area (Å²) < 4.78 is 0. The number of carbonyl (C=O) groups is 2. The van der Waals surface area contributed by atoms with E-state index in [1.165, 1.54) is 12.5 Å². The Labute approximate surface area is 151 Å². The van der Waals surface area contributed by atoms with Gasteiger partial charge in [0, 0.05) is 19.5 Å². The van der Waals surface area contributed by atoms with Gasteiger partial charge < -0.3 is 15.5 Å².